The van der Waals surface area contributed by atoms with Crippen molar-refractivity contribution >= 4 is 27.7 Å². The first-order valence-electron chi connectivity index (χ1n) is 7.13. The Labute approximate surface area is 127 Å². The number of rotatable bonds is 2. The first kappa shape index (κ1) is 13.8. The summed E-state index contributed by atoms with van der Waals surface area (Å²) in [5, 5.41) is 3.28. The molecule has 0 unspecified atom stereocenters. The summed E-state index contributed by atoms with van der Waals surface area (Å²) in [5.41, 5.74) is 0. The predicted molar refractivity (Wildman–Crippen MR) is 81.8 cm³/mol. The van der Waals surface area contributed by atoms with Crippen LogP contribution in [0.15, 0.2) is 22.8 Å². The van der Waals surface area contributed by atoms with E-state index in [2.05, 4.69) is 31.1 Å². The number of pyridine rings is 1. The molecule has 1 amide bonds. The number of aromatic nitrogens is 1. The van der Waals surface area contributed by atoms with E-state index in [1.165, 1.54) is 0 Å². The lowest BCUT2D eigenvalue weighted by atomic mass is 10.2. The molecule has 1 aromatic heterocycles. The lowest BCUT2D eigenvalue weighted by Crippen LogP contribution is -2.53. The zero-order valence-corrected chi connectivity index (χ0v) is 13.0. The van der Waals surface area contributed by atoms with Crippen LogP contribution in [0.25, 0.3) is 0 Å². The van der Waals surface area contributed by atoms with Gasteiger partial charge in [-0.2, -0.15) is 0 Å². The molecule has 2 aliphatic rings. The van der Waals surface area contributed by atoms with Gasteiger partial charge in [0.25, 0.3) is 0 Å². The molecular formula is C14H19BrN4O. The second-order valence-corrected chi connectivity index (χ2v) is 6.21. The van der Waals surface area contributed by atoms with E-state index in [9.17, 15) is 4.79 Å². The van der Waals surface area contributed by atoms with Crippen molar-refractivity contribution in [2.75, 3.05) is 37.6 Å². The van der Waals surface area contributed by atoms with Crippen molar-refractivity contribution in [2.24, 2.45) is 0 Å². The Balaban J connectivity index is 1.56. The van der Waals surface area contributed by atoms with E-state index < -0.39 is 0 Å². The summed E-state index contributed by atoms with van der Waals surface area (Å²) in [6, 6.07) is 4.06. The van der Waals surface area contributed by atoms with Crippen LogP contribution in [0, 0.1) is 0 Å². The maximum Gasteiger partial charge on any atom is 0.239 e. The molecule has 0 bridgehead atoms. The van der Waals surface area contributed by atoms with Gasteiger partial charge in [-0.15, -0.1) is 0 Å². The van der Waals surface area contributed by atoms with Gasteiger partial charge in [0, 0.05) is 36.8 Å². The third-order valence-electron chi connectivity index (χ3n) is 3.99. The Morgan fingerprint density at radius 2 is 2.10 bits per heavy atom. The molecule has 2 saturated heterocycles. The van der Waals surface area contributed by atoms with Crippen molar-refractivity contribution in [2.45, 2.75) is 18.9 Å². The van der Waals surface area contributed by atoms with Gasteiger partial charge >= 0.3 is 0 Å². The Kier molecular flexibility index (Phi) is 4.21. The molecule has 3 rings (SSSR count). The van der Waals surface area contributed by atoms with Crippen LogP contribution in [0.3, 0.4) is 0 Å². The number of carbonyl (C=O) groups excluding carboxylic acids is 1. The summed E-state index contributed by atoms with van der Waals surface area (Å²) in [6.07, 6.45) is 3.90. The van der Waals surface area contributed by atoms with Crippen molar-refractivity contribution in [1.29, 1.82) is 0 Å². The standard InChI is InChI=1S/C14H19BrN4O/c15-11-3-4-13(17-10-11)18-6-8-19(9-7-18)14(20)12-2-1-5-16-12/h3-4,10,12,16H,1-2,5-9H2/t12-/m1/s1. The highest BCUT2D eigenvalue weighted by atomic mass is 79.9. The number of nitrogens with zero attached hydrogens (tertiary/aromatic N) is 3. The summed E-state index contributed by atoms with van der Waals surface area (Å²) in [6.45, 7) is 4.25. The van der Waals surface area contributed by atoms with Crippen LogP contribution in [0.1, 0.15) is 12.8 Å². The number of amides is 1. The quantitative estimate of drug-likeness (QED) is 0.881. The van der Waals surface area contributed by atoms with E-state index in [-0.39, 0.29) is 11.9 Å². The molecule has 108 valence electrons. The van der Waals surface area contributed by atoms with Crippen LogP contribution in [0.5, 0.6) is 0 Å². The van der Waals surface area contributed by atoms with Crippen molar-refractivity contribution in [3.63, 3.8) is 0 Å². The fourth-order valence-corrected chi connectivity index (χ4v) is 3.06. The third-order valence-corrected chi connectivity index (χ3v) is 4.45. The average Bonchev–Trinajstić information content (AvgIpc) is 3.02. The number of halogens is 1. The summed E-state index contributed by atoms with van der Waals surface area (Å²) < 4.78 is 0.988. The van der Waals surface area contributed by atoms with E-state index in [0.29, 0.717) is 0 Å². The fraction of sp³-hybridized carbons (Fsp3) is 0.571. The number of carbonyl (C=O) groups is 1. The Hall–Kier alpha value is -1.14. The molecule has 2 fully saturated rings. The molecule has 2 aliphatic heterocycles. The minimum absolute atomic E-state index is 0.0485. The second-order valence-electron chi connectivity index (χ2n) is 5.30. The SMILES string of the molecule is O=C([C@H]1CCCN1)N1CCN(c2ccc(Br)cn2)CC1. The van der Waals surface area contributed by atoms with Crippen LogP contribution in [-0.2, 0) is 4.79 Å². The summed E-state index contributed by atoms with van der Waals surface area (Å²) >= 11 is 3.39. The molecule has 0 saturated carbocycles. The molecule has 20 heavy (non-hydrogen) atoms. The molecule has 0 aliphatic carbocycles. The second kappa shape index (κ2) is 6.10. The van der Waals surface area contributed by atoms with E-state index >= 15 is 0 Å². The van der Waals surface area contributed by atoms with E-state index in [0.717, 1.165) is 55.9 Å². The van der Waals surface area contributed by atoms with Gasteiger partial charge in [-0.3, -0.25) is 4.79 Å². The number of hydrogen-bond donors (Lipinski definition) is 1. The summed E-state index contributed by atoms with van der Waals surface area (Å²) in [4.78, 5) is 20.9. The molecule has 5 nitrogen and oxygen atoms in total. The van der Waals surface area contributed by atoms with Crippen LogP contribution in [-0.4, -0.2) is 54.6 Å². The maximum atomic E-state index is 12.3. The van der Waals surface area contributed by atoms with Gasteiger partial charge in [-0.25, -0.2) is 4.98 Å². The zero-order chi connectivity index (χ0) is 13.9. The maximum absolute atomic E-state index is 12.3. The molecule has 1 aromatic rings. The number of nitrogens with one attached hydrogen (secondary N) is 1. The van der Waals surface area contributed by atoms with Gasteiger partial charge in [0.15, 0.2) is 0 Å². The predicted octanol–water partition coefficient (Wildman–Crippen LogP) is 1.24. The highest BCUT2D eigenvalue weighted by Gasteiger charge is 2.29. The Morgan fingerprint density at radius 1 is 1.30 bits per heavy atom. The molecule has 3 heterocycles. The normalized spacial score (nSPS) is 23.1. The van der Waals surface area contributed by atoms with Crippen LogP contribution < -0.4 is 10.2 Å². The monoisotopic (exact) mass is 338 g/mol. The summed E-state index contributed by atoms with van der Waals surface area (Å²) in [7, 11) is 0. The van der Waals surface area contributed by atoms with Crippen molar-refractivity contribution in [3.8, 4) is 0 Å². The Morgan fingerprint density at radius 3 is 2.70 bits per heavy atom. The minimum atomic E-state index is 0.0485. The van der Waals surface area contributed by atoms with E-state index in [4.69, 9.17) is 0 Å². The number of hydrogen-bond acceptors (Lipinski definition) is 4. The largest absolute Gasteiger partial charge is 0.353 e. The fourth-order valence-electron chi connectivity index (χ4n) is 2.83. The lowest BCUT2D eigenvalue weighted by molar-refractivity contribution is -0.133. The zero-order valence-electron chi connectivity index (χ0n) is 11.4. The first-order chi connectivity index (χ1) is 9.74. The molecule has 0 aromatic carbocycles. The van der Waals surface area contributed by atoms with Crippen molar-refractivity contribution < 1.29 is 4.79 Å². The van der Waals surface area contributed by atoms with E-state index in [1.54, 1.807) is 0 Å². The summed E-state index contributed by atoms with van der Waals surface area (Å²) in [5.74, 6) is 1.25. The van der Waals surface area contributed by atoms with Crippen LogP contribution in [0.4, 0.5) is 5.82 Å². The average molecular weight is 339 g/mol. The number of anilines is 1. The van der Waals surface area contributed by atoms with Crippen molar-refractivity contribution in [1.82, 2.24) is 15.2 Å². The van der Waals surface area contributed by atoms with Crippen LogP contribution in [0.2, 0.25) is 0 Å². The Bertz CT molecular complexity index is 465. The molecule has 0 spiro atoms. The lowest BCUT2D eigenvalue weighted by Gasteiger charge is -2.36. The highest BCUT2D eigenvalue weighted by Crippen LogP contribution is 2.17. The number of piperazine rings is 1. The van der Waals surface area contributed by atoms with Gasteiger partial charge < -0.3 is 15.1 Å². The van der Waals surface area contributed by atoms with Gasteiger partial charge in [0.2, 0.25) is 5.91 Å². The molecule has 1 atom stereocenters. The topological polar surface area (TPSA) is 48.5 Å². The molecular weight excluding hydrogens is 320 g/mol. The van der Waals surface area contributed by atoms with E-state index in [1.807, 2.05) is 23.2 Å². The molecule has 0 radical (unpaired) electrons. The third kappa shape index (κ3) is 2.96. The molecule has 6 heteroatoms. The van der Waals surface area contributed by atoms with Gasteiger partial charge in [0.05, 0.1) is 6.04 Å². The smallest absolute Gasteiger partial charge is 0.239 e. The van der Waals surface area contributed by atoms with Gasteiger partial charge in [0.1, 0.15) is 5.82 Å². The van der Waals surface area contributed by atoms with Crippen LogP contribution >= 0.6 is 15.9 Å². The van der Waals surface area contributed by atoms with Gasteiger partial charge in [-0.05, 0) is 47.4 Å². The molecule has 1 N–H and O–H groups in total. The van der Waals surface area contributed by atoms with Gasteiger partial charge in [-0.1, -0.05) is 0 Å². The highest BCUT2D eigenvalue weighted by molar-refractivity contribution is 9.10. The first-order valence-corrected chi connectivity index (χ1v) is 7.92. The van der Waals surface area contributed by atoms with Crippen molar-refractivity contribution in [3.05, 3.63) is 22.8 Å². The minimum Gasteiger partial charge on any atom is -0.353 e.